The van der Waals surface area contributed by atoms with Crippen molar-refractivity contribution in [2.45, 2.75) is 12.6 Å². The molecule has 1 saturated heterocycles. The van der Waals surface area contributed by atoms with Crippen LogP contribution in [0, 0.1) is 0 Å². The van der Waals surface area contributed by atoms with E-state index in [1.165, 1.54) is 0 Å². The normalized spacial score (nSPS) is 17.1. The second kappa shape index (κ2) is 8.74. The third-order valence-corrected chi connectivity index (χ3v) is 5.05. The van der Waals surface area contributed by atoms with E-state index >= 15 is 0 Å². The third kappa shape index (κ3) is 4.15. The molecule has 1 aliphatic heterocycles. The van der Waals surface area contributed by atoms with Crippen molar-refractivity contribution < 1.29 is 19.0 Å². The highest BCUT2D eigenvalue weighted by Gasteiger charge is 2.39. The first-order valence-corrected chi connectivity index (χ1v) is 9.70. The number of carbonyl (C=O) groups excluding carboxylic acids is 1. The van der Waals surface area contributed by atoms with Crippen LogP contribution in [0.25, 0.3) is 6.08 Å². The Kier molecular flexibility index (Phi) is 5.70. The van der Waals surface area contributed by atoms with Crippen LogP contribution in [0.4, 0.5) is 4.79 Å². The molecule has 0 N–H and O–H groups in total. The average molecular weight is 401 g/mol. The largest absolute Gasteiger partial charge is 0.497 e. The standard InChI is InChI=1S/C25H23NO4/c1-28-21-13-11-19(12-14-21)17-26-24(20-9-6-10-22(16-20)29-2)23(30-25(26)27)15-18-7-4-3-5-8-18/h3-16,24H,17H2,1-2H3/b23-15-. The summed E-state index contributed by atoms with van der Waals surface area (Å²) in [5.74, 6) is 2.10. The van der Waals surface area contributed by atoms with Gasteiger partial charge in [0.15, 0.2) is 0 Å². The first-order valence-electron chi connectivity index (χ1n) is 9.70. The van der Waals surface area contributed by atoms with Gasteiger partial charge in [0.25, 0.3) is 0 Å². The maximum Gasteiger partial charge on any atom is 0.416 e. The van der Waals surface area contributed by atoms with Crippen LogP contribution in [0.2, 0.25) is 0 Å². The Morgan fingerprint density at radius 3 is 2.33 bits per heavy atom. The molecule has 1 amide bonds. The van der Waals surface area contributed by atoms with E-state index in [0.717, 1.165) is 28.2 Å². The van der Waals surface area contributed by atoms with Crippen LogP contribution in [-0.4, -0.2) is 25.2 Å². The van der Waals surface area contributed by atoms with Crippen molar-refractivity contribution in [3.63, 3.8) is 0 Å². The second-order valence-electron chi connectivity index (χ2n) is 6.98. The molecule has 3 aromatic rings. The Morgan fingerprint density at radius 2 is 1.63 bits per heavy atom. The monoisotopic (exact) mass is 401 g/mol. The van der Waals surface area contributed by atoms with Crippen molar-refractivity contribution >= 4 is 12.2 Å². The fraction of sp³-hybridized carbons (Fsp3) is 0.160. The predicted octanol–water partition coefficient (Wildman–Crippen LogP) is 5.44. The van der Waals surface area contributed by atoms with E-state index in [4.69, 9.17) is 14.2 Å². The zero-order chi connectivity index (χ0) is 20.9. The average Bonchev–Trinajstić information content (AvgIpc) is 3.09. The molecule has 0 saturated carbocycles. The lowest BCUT2D eigenvalue weighted by Gasteiger charge is -2.22. The summed E-state index contributed by atoms with van der Waals surface area (Å²) in [5, 5.41) is 0. The number of hydrogen-bond donors (Lipinski definition) is 0. The molecule has 0 radical (unpaired) electrons. The minimum atomic E-state index is -0.374. The zero-order valence-electron chi connectivity index (χ0n) is 16.9. The van der Waals surface area contributed by atoms with Crippen molar-refractivity contribution in [3.05, 3.63) is 101 Å². The highest BCUT2D eigenvalue weighted by atomic mass is 16.6. The van der Waals surface area contributed by atoms with Gasteiger partial charge in [-0.25, -0.2) is 4.79 Å². The van der Waals surface area contributed by atoms with E-state index in [1.54, 1.807) is 19.1 Å². The molecule has 1 aliphatic rings. The van der Waals surface area contributed by atoms with E-state index in [9.17, 15) is 4.79 Å². The summed E-state index contributed by atoms with van der Waals surface area (Å²) in [6.45, 7) is 0.414. The number of nitrogens with zero attached hydrogens (tertiary/aromatic N) is 1. The summed E-state index contributed by atoms with van der Waals surface area (Å²) >= 11 is 0. The Hall–Kier alpha value is -3.73. The number of methoxy groups -OCH3 is 2. The smallest absolute Gasteiger partial charge is 0.416 e. The highest BCUT2D eigenvalue weighted by Crippen LogP contribution is 2.39. The Labute approximate surface area is 176 Å². The molecule has 5 heteroatoms. The van der Waals surface area contributed by atoms with Gasteiger partial charge in [-0.1, -0.05) is 54.6 Å². The van der Waals surface area contributed by atoms with Gasteiger partial charge < -0.3 is 14.2 Å². The molecule has 5 nitrogen and oxygen atoms in total. The van der Waals surface area contributed by atoms with Crippen molar-refractivity contribution in [2.24, 2.45) is 0 Å². The molecule has 0 spiro atoms. The van der Waals surface area contributed by atoms with Crippen LogP contribution in [-0.2, 0) is 11.3 Å². The minimum absolute atomic E-state index is 0.352. The Morgan fingerprint density at radius 1 is 0.900 bits per heavy atom. The number of hydrogen-bond acceptors (Lipinski definition) is 4. The SMILES string of the molecule is COc1ccc(CN2C(=O)O/C(=C\c3ccccc3)C2c2cccc(OC)c2)cc1. The number of cyclic esters (lactones) is 1. The van der Waals surface area contributed by atoms with Crippen molar-refractivity contribution in [1.29, 1.82) is 0 Å². The van der Waals surface area contributed by atoms with Gasteiger partial charge in [0.1, 0.15) is 23.3 Å². The number of amides is 1. The minimum Gasteiger partial charge on any atom is -0.497 e. The lowest BCUT2D eigenvalue weighted by atomic mass is 10.0. The summed E-state index contributed by atoms with van der Waals surface area (Å²) in [5.41, 5.74) is 2.89. The van der Waals surface area contributed by atoms with Gasteiger partial charge in [-0.15, -0.1) is 0 Å². The molecular formula is C25H23NO4. The van der Waals surface area contributed by atoms with Gasteiger partial charge in [-0.3, -0.25) is 4.90 Å². The molecule has 4 rings (SSSR count). The molecule has 1 fully saturated rings. The Bertz CT molecular complexity index is 1040. The molecule has 1 heterocycles. The molecule has 3 aromatic carbocycles. The first kappa shape index (κ1) is 19.6. The predicted molar refractivity (Wildman–Crippen MR) is 115 cm³/mol. The van der Waals surface area contributed by atoms with E-state index in [-0.39, 0.29) is 12.1 Å². The quantitative estimate of drug-likeness (QED) is 0.552. The molecule has 0 bridgehead atoms. The van der Waals surface area contributed by atoms with E-state index in [2.05, 4.69) is 0 Å². The molecule has 1 atom stereocenters. The summed E-state index contributed by atoms with van der Waals surface area (Å²) in [6, 6.07) is 24.9. The Balaban J connectivity index is 1.72. The summed E-state index contributed by atoms with van der Waals surface area (Å²) < 4.78 is 16.3. The number of carbonyl (C=O) groups is 1. The van der Waals surface area contributed by atoms with Crippen LogP contribution in [0.15, 0.2) is 84.6 Å². The van der Waals surface area contributed by atoms with E-state index in [0.29, 0.717) is 12.3 Å². The first-order chi connectivity index (χ1) is 14.7. The van der Waals surface area contributed by atoms with Crippen molar-refractivity contribution in [1.82, 2.24) is 4.90 Å². The van der Waals surface area contributed by atoms with Gasteiger partial charge >= 0.3 is 6.09 Å². The fourth-order valence-electron chi connectivity index (χ4n) is 3.54. The van der Waals surface area contributed by atoms with Gasteiger partial charge in [0, 0.05) is 0 Å². The molecule has 152 valence electrons. The maximum atomic E-state index is 12.8. The fourth-order valence-corrected chi connectivity index (χ4v) is 3.54. The zero-order valence-corrected chi connectivity index (χ0v) is 16.9. The summed E-state index contributed by atoms with van der Waals surface area (Å²) in [7, 11) is 3.26. The summed E-state index contributed by atoms with van der Waals surface area (Å²) in [6.07, 6.45) is 1.54. The topological polar surface area (TPSA) is 48.0 Å². The highest BCUT2D eigenvalue weighted by molar-refractivity contribution is 5.76. The molecule has 0 aromatic heterocycles. The molecule has 1 unspecified atom stereocenters. The summed E-state index contributed by atoms with van der Waals surface area (Å²) in [4.78, 5) is 14.6. The van der Waals surface area contributed by atoms with E-state index in [1.807, 2.05) is 84.9 Å². The van der Waals surface area contributed by atoms with Crippen LogP contribution in [0.3, 0.4) is 0 Å². The third-order valence-electron chi connectivity index (χ3n) is 5.05. The lowest BCUT2D eigenvalue weighted by Crippen LogP contribution is -2.26. The van der Waals surface area contributed by atoms with Crippen LogP contribution >= 0.6 is 0 Å². The van der Waals surface area contributed by atoms with Gasteiger partial charge in [0.2, 0.25) is 0 Å². The van der Waals surface area contributed by atoms with Gasteiger partial charge in [0.05, 0.1) is 20.8 Å². The van der Waals surface area contributed by atoms with Crippen molar-refractivity contribution in [3.8, 4) is 11.5 Å². The molecule has 30 heavy (non-hydrogen) atoms. The number of benzene rings is 3. The van der Waals surface area contributed by atoms with Crippen molar-refractivity contribution in [2.75, 3.05) is 14.2 Å². The number of ether oxygens (including phenoxy) is 3. The maximum absolute atomic E-state index is 12.8. The number of rotatable bonds is 6. The molecule has 0 aliphatic carbocycles. The van der Waals surface area contributed by atoms with E-state index < -0.39 is 0 Å². The van der Waals surface area contributed by atoms with Gasteiger partial charge in [-0.2, -0.15) is 0 Å². The van der Waals surface area contributed by atoms with Crippen LogP contribution in [0.5, 0.6) is 11.5 Å². The van der Waals surface area contributed by atoms with Crippen LogP contribution < -0.4 is 9.47 Å². The molecular weight excluding hydrogens is 378 g/mol. The lowest BCUT2D eigenvalue weighted by molar-refractivity contribution is 0.163. The second-order valence-corrected chi connectivity index (χ2v) is 6.98. The van der Waals surface area contributed by atoms with Crippen LogP contribution in [0.1, 0.15) is 22.7 Å². The van der Waals surface area contributed by atoms with Gasteiger partial charge in [-0.05, 0) is 47.0 Å².